The number of carbonyl (C=O) groups is 4. The summed E-state index contributed by atoms with van der Waals surface area (Å²) in [7, 11) is -2.80. The zero-order valence-electron chi connectivity index (χ0n) is 17.4. The lowest BCUT2D eigenvalue weighted by atomic mass is 10.3. The maximum Gasteiger partial charge on any atom is 0.805 e. The van der Waals surface area contributed by atoms with Gasteiger partial charge in [-0.3, -0.25) is 19.2 Å². The van der Waals surface area contributed by atoms with E-state index < -0.39 is 32.1 Å². The Bertz CT molecular complexity index is 994. The highest BCUT2D eigenvalue weighted by atomic mass is 31.1. The number of benzene rings is 2. The summed E-state index contributed by atoms with van der Waals surface area (Å²) < 4.78 is 42.4. The second-order valence-corrected chi connectivity index (χ2v) is 6.81. The number of carbonyl (C=O) groups excluding carboxylic acids is 4. The molecule has 2 aromatic carbocycles. The van der Waals surface area contributed by atoms with Crippen molar-refractivity contribution in [1.29, 1.82) is 0 Å². The van der Waals surface area contributed by atoms with Crippen molar-refractivity contribution >= 4 is 32.1 Å². The maximum absolute atomic E-state index is 12.3. The van der Waals surface area contributed by atoms with Gasteiger partial charge in [0.05, 0.1) is 0 Å². The van der Waals surface area contributed by atoms with E-state index in [1.807, 2.05) is 0 Å². The van der Waals surface area contributed by atoms with Crippen LogP contribution >= 0.6 is 8.25 Å². The molecule has 32 heavy (non-hydrogen) atoms. The second kappa shape index (κ2) is 10.9. The molecule has 0 heterocycles. The molecule has 0 bridgehead atoms. The van der Waals surface area contributed by atoms with E-state index in [9.17, 15) is 23.7 Å². The van der Waals surface area contributed by atoms with E-state index >= 15 is 0 Å². The van der Waals surface area contributed by atoms with E-state index in [-0.39, 0.29) is 34.5 Å². The topological polar surface area (TPSA) is 141 Å². The fraction of sp³-hybridized carbons (Fsp3) is 0.200. The van der Waals surface area contributed by atoms with E-state index in [1.54, 1.807) is 0 Å². The Balaban J connectivity index is 2.19. The van der Waals surface area contributed by atoms with E-state index in [2.05, 4.69) is 0 Å². The van der Waals surface area contributed by atoms with Gasteiger partial charge < -0.3 is 18.9 Å². The molecule has 11 nitrogen and oxygen atoms in total. The second-order valence-electron chi connectivity index (χ2n) is 6.00. The summed E-state index contributed by atoms with van der Waals surface area (Å²) in [5.74, 6) is -3.00. The average Bonchev–Trinajstić information content (AvgIpc) is 2.64. The largest absolute Gasteiger partial charge is 0.805 e. The normalized spacial score (nSPS) is 9.88. The van der Waals surface area contributed by atoms with Crippen molar-refractivity contribution in [3.8, 4) is 34.5 Å². The highest BCUT2D eigenvalue weighted by molar-refractivity contribution is 7.34. The molecule has 0 aliphatic carbocycles. The van der Waals surface area contributed by atoms with Crippen molar-refractivity contribution in [2.24, 2.45) is 0 Å². The molecule has 0 atom stereocenters. The standard InChI is InChI=1S/C20H18O11P/c1-11(21)26-17-7-5-15(9-19(17)28-13(3)23)30-32(25)31-16-6-8-18(27-12(2)22)20(10-16)29-14(4)24/h5-10H,1-4H3/q+1. The van der Waals surface area contributed by atoms with Crippen LogP contribution in [0.25, 0.3) is 0 Å². The molecule has 0 amide bonds. The van der Waals surface area contributed by atoms with Crippen LogP contribution in [0.3, 0.4) is 0 Å². The third-order valence-corrected chi connectivity index (χ3v) is 3.92. The van der Waals surface area contributed by atoms with Crippen LogP contribution in [0.15, 0.2) is 36.4 Å². The lowest BCUT2D eigenvalue weighted by Gasteiger charge is -2.09. The molecule has 0 aliphatic heterocycles. The van der Waals surface area contributed by atoms with Crippen LogP contribution in [0.5, 0.6) is 34.5 Å². The van der Waals surface area contributed by atoms with Gasteiger partial charge in [0.25, 0.3) is 0 Å². The third-order valence-electron chi connectivity index (χ3n) is 3.20. The molecule has 12 heteroatoms. The van der Waals surface area contributed by atoms with Gasteiger partial charge in [-0.25, -0.2) is 9.05 Å². The molecule has 0 aromatic heterocycles. The molecule has 0 saturated carbocycles. The number of hydrogen-bond donors (Lipinski definition) is 0. The Labute approximate surface area is 183 Å². The first-order valence-electron chi connectivity index (χ1n) is 8.88. The Morgan fingerprint density at radius 3 is 1.19 bits per heavy atom. The summed E-state index contributed by atoms with van der Waals surface area (Å²) in [6.07, 6.45) is 0. The summed E-state index contributed by atoms with van der Waals surface area (Å²) in [5, 5.41) is 0. The fourth-order valence-corrected chi connectivity index (χ4v) is 2.84. The van der Waals surface area contributed by atoms with E-state index in [1.165, 1.54) is 50.2 Å². The van der Waals surface area contributed by atoms with Crippen LogP contribution in [0.4, 0.5) is 0 Å². The monoisotopic (exact) mass is 465 g/mol. The fourth-order valence-electron chi connectivity index (χ4n) is 2.23. The van der Waals surface area contributed by atoms with Gasteiger partial charge in [-0.15, -0.1) is 0 Å². The first-order chi connectivity index (χ1) is 15.0. The SMILES string of the molecule is CC(=O)Oc1ccc(O[P+](=O)Oc2ccc(OC(C)=O)c(OC(C)=O)c2)cc1OC(C)=O. The van der Waals surface area contributed by atoms with Crippen LogP contribution < -0.4 is 28.0 Å². The zero-order valence-corrected chi connectivity index (χ0v) is 18.3. The van der Waals surface area contributed by atoms with Crippen molar-refractivity contribution in [2.45, 2.75) is 27.7 Å². The predicted octanol–water partition coefficient (Wildman–Crippen LogP) is 3.50. The zero-order chi connectivity index (χ0) is 23.8. The minimum atomic E-state index is -2.80. The smallest absolute Gasteiger partial charge is 0.423 e. The van der Waals surface area contributed by atoms with Gasteiger partial charge in [-0.1, -0.05) is 0 Å². The Hall–Kier alpha value is -3.98. The van der Waals surface area contributed by atoms with Crippen molar-refractivity contribution in [3.63, 3.8) is 0 Å². The molecule has 0 fully saturated rings. The van der Waals surface area contributed by atoms with Crippen LogP contribution in [-0.4, -0.2) is 23.9 Å². The van der Waals surface area contributed by atoms with Crippen LogP contribution in [0.1, 0.15) is 27.7 Å². The van der Waals surface area contributed by atoms with Gasteiger partial charge in [-0.05, 0) is 24.3 Å². The molecule has 0 aliphatic rings. The molecule has 0 saturated heterocycles. The molecule has 168 valence electrons. The molecule has 0 N–H and O–H groups in total. The summed E-state index contributed by atoms with van der Waals surface area (Å²) >= 11 is 0. The third kappa shape index (κ3) is 7.69. The van der Waals surface area contributed by atoms with Crippen molar-refractivity contribution < 1.29 is 51.7 Å². The first-order valence-corrected chi connectivity index (χ1v) is 9.98. The summed E-state index contributed by atoms with van der Waals surface area (Å²) in [5.41, 5.74) is 0. The predicted molar refractivity (Wildman–Crippen MR) is 107 cm³/mol. The molecule has 0 radical (unpaired) electrons. The molecule has 0 unspecified atom stereocenters. The van der Waals surface area contributed by atoms with Gasteiger partial charge in [0.15, 0.2) is 34.5 Å². The van der Waals surface area contributed by atoms with E-state index in [4.69, 9.17) is 28.0 Å². The van der Waals surface area contributed by atoms with Crippen molar-refractivity contribution in [1.82, 2.24) is 0 Å². The number of hydrogen-bond acceptors (Lipinski definition) is 11. The van der Waals surface area contributed by atoms with Gasteiger partial charge >= 0.3 is 32.1 Å². The summed E-state index contributed by atoms with van der Waals surface area (Å²) in [6.45, 7) is 4.64. The number of ether oxygens (including phenoxy) is 4. The minimum absolute atomic E-state index is 0.0185. The highest BCUT2D eigenvalue weighted by Gasteiger charge is 2.27. The first kappa shape index (κ1) is 24.3. The summed E-state index contributed by atoms with van der Waals surface area (Å²) in [6, 6.07) is 7.57. The lowest BCUT2D eigenvalue weighted by Crippen LogP contribution is -2.07. The average molecular weight is 465 g/mol. The molecular weight excluding hydrogens is 447 g/mol. The van der Waals surface area contributed by atoms with E-state index in [0.29, 0.717) is 0 Å². The number of esters is 4. The Morgan fingerprint density at radius 1 is 0.562 bits per heavy atom. The quantitative estimate of drug-likeness (QED) is 0.321. The van der Waals surface area contributed by atoms with Gasteiger partial charge in [0, 0.05) is 44.4 Å². The molecule has 0 spiro atoms. The molecule has 2 rings (SSSR count). The molecular formula is C20H18O11P+. The Morgan fingerprint density at radius 2 is 0.875 bits per heavy atom. The van der Waals surface area contributed by atoms with Gasteiger partial charge in [0.1, 0.15) is 0 Å². The summed E-state index contributed by atoms with van der Waals surface area (Å²) in [4.78, 5) is 44.9. The maximum atomic E-state index is 12.3. The Kier molecular flexibility index (Phi) is 8.25. The highest BCUT2D eigenvalue weighted by Crippen LogP contribution is 2.39. The van der Waals surface area contributed by atoms with E-state index in [0.717, 1.165) is 13.8 Å². The van der Waals surface area contributed by atoms with Gasteiger partial charge in [0.2, 0.25) is 0 Å². The van der Waals surface area contributed by atoms with Crippen LogP contribution in [0, 0.1) is 0 Å². The minimum Gasteiger partial charge on any atom is -0.423 e. The number of rotatable bonds is 8. The van der Waals surface area contributed by atoms with Crippen molar-refractivity contribution in [3.05, 3.63) is 36.4 Å². The van der Waals surface area contributed by atoms with Crippen LogP contribution in [0.2, 0.25) is 0 Å². The van der Waals surface area contributed by atoms with Gasteiger partial charge in [-0.2, -0.15) is 0 Å². The van der Waals surface area contributed by atoms with Crippen molar-refractivity contribution in [2.75, 3.05) is 0 Å². The van der Waals surface area contributed by atoms with Crippen LogP contribution in [-0.2, 0) is 23.7 Å². The lowest BCUT2D eigenvalue weighted by molar-refractivity contribution is -0.134. The molecule has 2 aromatic rings.